The summed E-state index contributed by atoms with van der Waals surface area (Å²) in [6.45, 7) is 0. The first-order valence-electron chi connectivity index (χ1n) is 8.78. The van der Waals surface area contributed by atoms with Gasteiger partial charge in [0.25, 0.3) is 5.56 Å². The molecule has 0 bridgehead atoms. The highest BCUT2D eigenvalue weighted by atomic mass is 32.2. The Hall–Kier alpha value is -3.46. The van der Waals surface area contributed by atoms with Crippen LogP contribution in [0.1, 0.15) is 17.1 Å². The van der Waals surface area contributed by atoms with Crippen molar-refractivity contribution in [3.8, 4) is 5.69 Å². The Morgan fingerprint density at radius 2 is 1.72 bits per heavy atom. The SMILES string of the molecule is O=c1cc(Cc2nnc(SCc3ccccc3)n2-c2ccc(F)cc2)[nH]c(=O)[nH]1. The zero-order valence-electron chi connectivity index (χ0n) is 15.1. The van der Waals surface area contributed by atoms with E-state index in [2.05, 4.69) is 20.2 Å². The van der Waals surface area contributed by atoms with E-state index in [1.807, 2.05) is 30.3 Å². The Balaban J connectivity index is 1.70. The molecule has 9 heteroatoms. The largest absolute Gasteiger partial charge is 0.325 e. The molecular formula is C20H16FN5O2S. The molecule has 0 atom stereocenters. The average molecular weight is 409 g/mol. The van der Waals surface area contributed by atoms with Crippen molar-refractivity contribution in [1.29, 1.82) is 0 Å². The predicted molar refractivity (Wildman–Crippen MR) is 108 cm³/mol. The van der Waals surface area contributed by atoms with Gasteiger partial charge in [-0.1, -0.05) is 42.1 Å². The van der Waals surface area contributed by atoms with Crippen molar-refractivity contribution in [2.24, 2.45) is 0 Å². The highest BCUT2D eigenvalue weighted by Gasteiger charge is 2.16. The van der Waals surface area contributed by atoms with Crippen molar-refractivity contribution >= 4 is 11.8 Å². The van der Waals surface area contributed by atoms with Crippen molar-refractivity contribution < 1.29 is 4.39 Å². The first-order chi connectivity index (χ1) is 14.1. The van der Waals surface area contributed by atoms with E-state index < -0.39 is 11.2 Å². The molecule has 0 saturated carbocycles. The number of hydrogen-bond acceptors (Lipinski definition) is 5. The first kappa shape index (κ1) is 18.9. The average Bonchev–Trinajstić information content (AvgIpc) is 3.09. The van der Waals surface area contributed by atoms with Crippen molar-refractivity contribution in [1.82, 2.24) is 24.7 Å². The fourth-order valence-corrected chi connectivity index (χ4v) is 3.79. The Labute approximate surface area is 168 Å². The number of thioether (sulfide) groups is 1. The van der Waals surface area contributed by atoms with Gasteiger partial charge in [0.05, 0.1) is 0 Å². The minimum atomic E-state index is -0.584. The van der Waals surface area contributed by atoms with Gasteiger partial charge in [0.1, 0.15) is 11.6 Å². The maximum atomic E-state index is 13.4. The fraction of sp³-hybridized carbons (Fsp3) is 0.100. The molecule has 2 N–H and O–H groups in total. The second-order valence-corrected chi connectivity index (χ2v) is 7.22. The number of aromatic amines is 2. The van der Waals surface area contributed by atoms with Crippen LogP contribution in [0.2, 0.25) is 0 Å². The first-order valence-corrected chi connectivity index (χ1v) is 9.76. The fourth-order valence-electron chi connectivity index (χ4n) is 2.86. The Morgan fingerprint density at radius 3 is 2.45 bits per heavy atom. The van der Waals surface area contributed by atoms with E-state index in [-0.39, 0.29) is 12.2 Å². The molecule has 4 rings (SSSR count). The van der Waals surface area contributed by atoms with Crippen LogP contribution in [0.4, 0.5) is 4.39 Å². The van der Waals surface area contributed by atoms with Gasteiger partial charge in [-0.2, -0.15) is 0 Å². The predicted octanol–water partition coefficient (Wildman–Crippen LogP) is 2.67. The zero-order valence-corrected chi connectivity index (χ0v) is 15.9. The third-order valence-electron chi connectivity index (χ3n) is 4.16. The van der Waals surface area contributed by atoms with Gasteiger partial charge in [0.2, 0.25) is 0 Å². The Morgan fingerprint density at radius 1 is 0.966 bits per heavy atom. The summed E-state index contributed by atoms with van der Waals surface area (Å²) < 4.78 is 15.2. The van der Waals surface area contributed by atoms with Gasteiger partial charge in [0, 0.05) is 29.6 Å². The Bertz CT molecular complexity index is 1200. The van der Waals surface area contributed by atoms with E-state index in [1.165, 1.54) is 30.0 Å². The lowest BCUT2D eigenvalue weighted by Crippen LogP contribution is -2.23. The molecule has 0 fully saturated rings. The quantitative estimate of drug-likeness (QED) is 0.477. The molecule has 0 radical (unpaired) electrons. The van der Waals surface area contributed by atoms with Gasteiger partial charge in [-0.15, -0.1) is 10.2 Å². The van der Waals surface area contributed by atoms with E-state index in [0.29, 0.717) is 28.1 Å². The van der Waals surface area contributed by atoms with Crippen LogP contribution in [-0.2, 0) is 12.2 Å². The summed E-state index contributed by atoms with van der Waals surface area (Å²) in [5.74, 6) is 0.858. The molecule has 2 heterocycles. The maximum Gasteiger partial charge on any atom is 0.325 e. The minimum Gasteiger partial charge on any atom is -0.311 e. The third kappa shape index (κ3) is 4.52. The lowest BCUT2D eigenvalue weighted by Gasteiger charge is -2.10. The molecule has 29 heavy (non-hydrogen) atoms. The molecule has 2 aromatic carbocycles. The minimum absolute atomic E-state index is 0.190. The number of aromatic nitrogens is 5. The van der Waals surface area contributed by atoms with E-state index in [1.54, 1.807) is 16.7 Å². The molecule has 0 aliphatic heterocycles. The molecule has 0 amide bonds. The number of nitrogens with one attached hydrogen (secondary N) is 2. The van der Waals surface area contributed by atoms with Crippen LogP contribution < -0.4 is 11.2 Å². The highest BCUT2D eigenvalue weighted by Crippen LogP contribution is 2.26. The molecular weight excluding hydrogens is 393 g/mol. The van der Waals surface area contributed by atoms with Crippen LogP contribution >= 0.6 is 11.8 Å². The van der Waals surface area contributed by atoms with Gasteiger partial charge in [-0.3, -0.25) is 14.3 Å². The van der Waals surface area contributed by atoms with E-state index in [0.717, 1.165) is 5.56 Å². The van der Waals surface area contributed by atoms with Gasteiger partial charge in [-0.25, -0.2) is 9.18 Å². The summed E-state index contributed by atoms with van der Waals surface area (Å²) in [6, 6.07) is 17.2. The molecule has 4 aromatic rings. The summed E-state index contributed by atoms with van der Waals surface area (Å²) >= 11 is 1.49. The Kier molecular flexibility index (Phi) is 5.39. The number of rotatable bonds is 6. The molecule has 146 valence electrons. The number of hydrogen-bond donors (Lipinski definition) is 2. The van der Waals surface area contributed by atoms with Gasteiger partial charge < -0.3 is 4.98 Å². The zero-order chi connectivity index (χ0) is 20.2. The summed E-state index contributed by atoms with van der Waals surface area (Å²) in [7, 11) is 0. The smallest absolute Gasteiger partial charge is 0.311 e. The number of halogens is 1. The van der Waals surface area contributed by atoms with E-state index in [4.69, 9.17) is 0 Å². The molecule has 0 spiro atoms. The number of nitrogens with zero attached hydrogens (tertiary/aromatic N) is 3. The standard InChI is InChI=1S/C20H16FN5O2S/c21-14-6-8-16(9-7-14)26-17(10-15-11-18(27)23-19(28)22-15)24-25-20(26)29-12-13-4-2-1-3-5-13/h1-9,11H,10,12H2,(H2,22,23,27,28). The number of benzene rings is 2. The van der Waals surface area contributed by atoms with Gasteiger partial charge >= 0.3 is 5.69 Å². The second kappa shape index (κ2) is 8.27. The van der Waals surface area contributed by atoms with Crippen LogP contribution in [-0.4, -0.2) is 24.7 Å². The van der Waals surface area contributed by atoms with Crippen LogP contribution in [0, 0.1) is 5.82 Å². The topological polar surface area (TPSA) is 96.4 Å². The van der Waals surface area contributed by atoms with Gasteiger partial charge in [0.15, 0.2) is 5.16 Å². The van der Waals surface area contributed by atoms with Crippen LogP contribution in [0.15, 0.2) is 75.4 Å². The van der Waals surface area contributed by atoms with Crippen LogP contribution in [0.3, 0.4) is 0 Å². The molecule has 0 aliphatic carbocycles. The lowest BCUT2D eigenvalue weighted by molar-refractivity contribution is 0.627. The summed E-state index contributed by atoms with van der Waals surface area (Å²) in [5.41, 5.74) is 1.16. The molecule has 0 saturated heterocycles. The van der Waals surface area contributed by atoms with Crippen molar-refractivity contribution in [2.45, 2.75) is 17.3 Å². The normalized spacial score (nSPS) is 10.9. The highest BCUT2D eigenvalue weighted by molar-refractivity contribution is 7.98. The van der Waals surface area contributed by atoms with Crippen molar-refractivity contribution in [3.05, 3.63) is 104 Å². The van der Waals surface area contributed by atoms with Crippen molar-refractivity contribution in [2.75, 3.05) is 0 Å². The molecule has 2 aromatic heterocycles. The summed E-state index contributed by atoms with van der Waals surface area (Å²) in [5, 5.41) is 9.15. The van der Waals surface area contributed by atoms with Crippen LogP contribution in [0.25, 0.3) is 5.69 Å². The van der Waals surface area contributed by atoms with Crippen molar-refractivity contribution in [3.63, 3.8) is 0 Å². The summed E-state index contributed by atoms with van der Waals surface area (Å²) in [6.07, 6.45) is 0.190. The van der Waals surface area contributed by atoms with E-state index >= 15 is 0 Å². The van der Waals surface area contributed by atoms with Crippen LogP contribution in [0.5, 0.6) is 0 Å². The van der Waals surface area contributed by atoms with E-state index in [9.17, 15) is 14.0 Å². The summed E-state index contributed by atoms with van der Waals surface area (Å²) in [4.78, 5) is 27.9. The van der Waals surface area contributed by atoms with Gasteiger partial charge in [-0.05, 0) is 29.8 Å². The maximum absolute atomic E-state index is 13.4. The molecule has 0 aliphatic rings. The molecule has 7 nitrogen and oxygen atoms in total. The second-order valence-electron chi connectivity index (χ2n) is 6.27. The molecule has 0 unspecified atom stereocenters. The number of H-pyrrole nitrogens is 2. The third-order valence-corrected chi connectivity index (χ3v) is 5.16. The monoisotopic (exact) mass is 409 g/mol. The lowest BCUT2D eigenvalue weighted by atomic mass is 10.2.